The van der Waals surface area contributed by atoms with Crippen LogP contribution < -0.4 is 10.6 Å². The molecule has 0 aliphatic heterocycles. The summed E-state index contributed by atoms with van der Waals surface area (Å²) in [6.45, 7) is 3.29. The second-order valence-corrected chi connectivity index (χ2v) is 7.02. The lowest BCUT2D eigenvalue weighted by molar-refractivity contribution is -0.153. The van der Waals surface area contributed by atoms with Gasteiger partial charge in [0, 0.05) is 23.2 Å². The Hall–Kier alpha value is -2.16. The Morgan fingerprint density at radius 2 is 1.92 bits per heavy atom. The minimum atomic E-state index is -4.50. The van der Waals surface area contributed by atoms with Crippen LogP contribution in [0.5, 0.6) is 5.75 Å². The van der Waals surface area contributed by atoms with Crippen LogP contribution in [0, 0.1) is 5.41 Å². The number of nitrogens with zero attached hydrogens (tertiary/aromatic N) is 2. The normalized spacial score (nSPS) is 15.0. The van der Waals surface area contributed by atoms with Gasteiger partial charge in [0.05, 0.1) is 0 Å². The van der Waals surface area contributed by atoms with Gasteiger partial charge in [-0.1, -0.05) is 20.8 Å². The molecule has 1 saturated carbocycles. The van der Waals surface area contributed by atoms with E-state index in [0.29, 0.717) is 10.6 Å². The van der Waals surface area contributed by atoms with E-state index in [2.05, 4.69) is 4.98 Å². The highest BCUT2D eigenvalue weighted by Gasteiger charge is 2.34. The maximum atomic E-state index is 12.4. The third-order valence-electron chi connectivity index (χ3n) is 3.60. The Kier molecular flexibility index (Phi) is 5.08. The fourth-order valence-corrected chi connectivity index (χ4v) is 2.13. The van der Waals surface area contributed by atoms with E-state index in [0.717, 1.165) is 18.9 Å². The van der Waals surface area contributed by atoms with Crippen molar-refractivity contribution in [2.24, 2.45) is 11.3 Å². The molecule has 2 rings (SSSR count). The van der Waals surface area contributed by atoms with Crippen molar-refractivity contribution in [2.45, 2.75) is 45.7 Å². The molecule has 25 heavy (non-hydrogen) atoms. The summed E-state index contributed by atoms with van der Waals surface area (Å²) in [5.41, 5.74) is -0.623. The Morgan fingerprint density at radius 3 is 2.40 bits per heavy atom. The quantitative estimate of drug-likeness (QED) is 0.508. The second kappa shape index (κ2) is 6.62. The van der Waals surface area contributed by atoms with Gasteiger partial charge >= 0.3 is 6.18 Å². The molecule has 0 spiro atoms. The maximum absolute atomic E-state index is 12.4. The molecule has 9 heteroatoms. The number of pyridine rings is 1. The fraction of sp³-hybridized carbons (Fsp3) is 0.562. The molecular formula is C16H20F3N3O3. The van der Waals surface area contributed by atoms with Crippen molar-refractivity contribution in [3.63, 3.8) is 0 Å². The van der Waals surface area contributed by atoms with Gasteiger partial charge in [-0.25, -0.2) is 10.9 Å². The number of hydrazine groups is 1. The summed E-state index contributed by atoms with van der Waals surface area (Å²) in [6, 6.07) is 1.11. The number of amides is 2. The van der Waals surface area contributed by atoms with Crippen molar-refractivity contribution in [3.8, 4) is 5.75 Å². The molecule has 0 bridgehead atoms. The number of alkyl halides is 3. The first-order valence-corrected chi connectivity index (χ1v) is 7.73. The highest BCUT2D eigenvalue weighted by atomic mass is 19.4. The first-order valence-electron chi connectivity index (χ1n) is 7.73. The Labute approximate surface area is 143 Å². The first-order chi connectivity index (χ1) is 11.4. The molecule has 6 nitrogen and oxygen atoms in total. The van der Waals surface area contributed by atoms with Gasteiger partial charge in [-0.2, -0.15) is 13.2 Å². The van der Waals surface area contributed by atoms with E-state index in [-0.39, 0.29) is 17.4 Å². The number of halogens is 3. The molecule has 0 saturated heterocycles. The van der Waals surface area contributed by atoms with Gasteiger partial charge in [-0.05, 0) is 18.8 Å². The van der Waals surface area contributed by atoms with Crippen LogP contribution in [0.2, 0.25) is 0 Å². The van der Waals surface area contributed by atoms with E-state index in [4.69, 9.17) is 10.6 Å². The summed E-state index contributed by atoms with van der Waals surface area (Å²) >= 11 is 0. The number of aromatic nitrogens is 1. The van der Waals surface area contributed by atoms with Crippen LogP contribution in [0.3, 0.4) is 0 Å². The molecule has 138 valence electrons. The number of rotatable bonds is 4. The Morgan fingerprint density at radius 1 is 1.32 bits per heavy atom. The number of hydrogen-bond acceptors (Lipinski definition) is 5. The minimum Gasteiger partial charge on any atom is -0.484 e. The average Bonchev–Trinajstić information content (AvgIpc) is 3.33. The van der Waals surface area contributed by atoms with Gasteiger partial charge in [0.2, 0.25) is 5.91 Å². The minimum absolute atomic E-state index is 0.0604. The highest BCUT2D eigenvalue weighted by molar-refractivity contribution is 6.04. The zero-order chi connectivity index (χ0) is 19.0. The number of carbonyl (C=O) groups excluding carboxylic acids is 2. The predicted octanol–water partition coefficient (Wildman–Crippen LogP) is 2.79. The van der Waals surface area contributed by atoms with E-state index in [1.807, 2.05) is 0 Å². The number of ether oxygens (including phenoxy) is 1. The van der Waals surface area contributed by atoms with E-state index >= 15 is 0 Å². The molecule has 2 amide bonds. The molecule has 0 unspecified atom stereocenters. The van der Waals surface area contributed by atoms with Gasteiger partial charge in [-0.3, -0.25) is 14.6 Å². The number of carbonyl (C=O) groups is 2. The van der Waals surface area contributed by atoms with Crippen molar-refractivity contribution in [1.29, 1.82) is 0 Å². The molecule has 1 heterocycles. The summed E-state index contributed by atoms with van der Waals surface area (Å²) in [7, 11) is 0. The SMILES string of the molecule is CC(C)(C)C(=O)N(N)C(=O)c1cc(OCC(F)(F)F)c(C2CC2)cn1. The fourth-order valence-electron chi connectivity index (χ4n) is 2.13. The Balaban J connectivity index is 2.26. The smallest absolute Gasteiger partial charge is 0.422 e. The molecule has 2 N–H and O–H groups in total. The van der Waals surface area contributed by atoms with E-state index in [1.165, 1.54) is 6.20 Å². The van der Waals surface area contributed by atoms with Crippen LogP contribution in [0.15, 0.2) is 12.3 Å². The summed E-state index contributed by atoms with van der Waals surface area (Å²) in [5, 5.41) is 0.423. The summed E-state index contributed by atoms with van der Waals surface area (Å²) in [4.78, 5) is 28.3. The van der Waals surface area contributed by atoms with Crippen LogP contribution in [0.4, 0.5) is 13.2 Å². The number of imide groups is 1. The summed E-state index contributed by atoms with van der Waals surface area (Å²) in [6.07, 6.45) is -1.55. The van der Waals surface area contributed by atoms with Gasteiger partial charge in [0.1, 0.15) is 11.4 Å². The van der Waals surface area contributed by atoms with Crippen molar-refractivity contribution in [3.05, 3.63) is 23.5 Å². The van der Waals surface area contributed by atoms with Crippen molar-refractivity contribution in [2.75, 3.05) is 6.61 Å². The standard InChI is InChI=1S/C16H20F3N3O3/c1-15(2,3)14(24)22(20)13(23)11-6-12(25-8-16(17,18)19)10(7-21-11)9-4-5-9/h6-7,9H,4-5,8,20H2,1-3H3. The van der Waals surface area contributed by atoms with Gasteiger partial charge < -0.3 is 4.74 Å². The average molecular weight is 359 g/mol. The lowest BCUT2D eigenvalue weighted by Gasteiger charge is -2.23. The molecule has 1 aliphatic rings. The molecule has 1 aromatic rings. The van der Waals surface area contributed by atoms with Crippen LogP contribution in [-0.2, 0) is 4.79 Å². The molecular weight excluding hydrogens is 339 g/mol. The third-order valence-corrected chi connectivity index (χ3v) is 3.60. The van der Waals surface area contributed by atoms with Crippen molar-refractivity contribution < 1.29 is 27.5 Å². The zero-order valence-electron chi connectivity index (χ0n) is 14.2. The van der Waals surface area contributed by atoms with Gasteiger partial charge in [0.25, 0.3) is 5.91 Å². The van der Waals surface area contributed by atoms with Crippen LogP contribution >= 0.6 is 0 Å². The van der Waals surface area contributed by atoms with Gasteiger partial charge in [0.15, 0.2) is 6.61 Å². The summed E-state index contributed by atoms with van der Waals surface area (Å²) < 4.78 is 42.1. The number of hydrogen-bond donors (Lipinski definition) is 1. The summed E-state index contributed by atoms with van der Waals surface area (Å²) in [5.74, 6) is 4.03. The molecule has 0 atom stereocenters. The lowest BCUT2D eigenvalue weighted by atomic mass is 9.95. The predicted molar refractivity (Wildman–Crippen MR) is 82.6 cm³/mol. The van der Waals surface area contributed by atoms with Crippen LogP contribution in [-0.4, -0.2) is 34.6 Å². The largest absolute Gasteiger partial charge is 0.484 e. The lowest BCUT2D eigenvalue weighted by Crippen LogP contribution is -2.48. The van der Waals surface area contributed by atoms with Crippen molar-refractivity contribution >= 4 is 11.8 Å². The van der Waals surface area contributed by atoms with Gasteiger partial charge in [-0.15, -0.1) is 0 Å². The van der Waals surface area contributed by atoms with E-state index in [9.17, 15) is 22.8 Å². The number of nitrogens with two attached hydrogens (primary N) is 1. The van der Waals surface area contributed by atoms with E-state index in [1.54, 1.807) is 20.8 Å². The monoisotopic (exact) mass is 359 g/mol. The topological polar surface area (TPSA) is 85.5 Å². The van der Waals surface area contributed by atoms with Crippen molar-refractivity contribution in [1.82, 2.24) is 9.99 Å². The molecule has 0 radical (unpaired) electrons. The third kappa shape index (κ3) is 4.91. The van der Waals surface area contributed by atoms with Crippen LogP contribution in [0.1, 0.15) is 55.6 Å². The Bertz CT molecular complexity index is 679. The second-order valence-electron chi connectivity index (χ2n) is 7.02. The zero-order valence-corrected chi connectivity index (χ0v) is 14.2. The molecule has 1 aromatic heterocycles. The highest BCUT2D eigenvalue weighted by Crippen LogP contribution is 2.44. The maximum Gasteiger partial charge on any atom is 0.422 e. The molecule has 0 aromatic carbocycles. The molecule has 1 aliphatic carbocycles. The molecule has 1 fully saturated rings. The van der Waals surface area contributed by atoms with Crippen LogP contribution in [0.25, 0.3) is 0 Å². The first kappa shape index (κ1) is 19.2. The van der Waals surface area contributed by atoms with E-state index < -0.39 is 30.0 Å².